The van der Waals surface area contributed by atoms with E-state index in [1.807, 2.05) is 48.5 Å². The molecule has 0 spiro atoms. The molecule has 0 saturated heterocycles. The van der Waals surface area contributed by atoms with E-state index in [1.165, 1.54) is 0 Å². The first-order valence-electron chi connectivity index (χ1n) is 8.24. The number of aliphatic carboxylic acids is 2. The zero-order valence-corrected chi connectivity index (χ0v) is 15.7. The number of carboxylic acids is 2. The largest absolute Gasteiger partial charge is 0.492 e. The standard InChI is InChI=1S/C17H19ClN2O2.C2H2O4/c18-15-6-4-5-14(11-15)12-20-17(21)13-19-9-10-22-16-7-2-1-3-8-16;3-1(4)2(5)6/h1-8,11,19H,9-10,12-13H2,(H,20,21);(H,3,4)(H,5,6). The number of carbonyl (C=O) groups is 3. The minimum Gasteiger partial charge on any atom is -0.492 e. The molecule has 1 amide bonds. The first-order valence-corrected chi connectivity index (χ1v) is 8.62. The van der Waals surface area contributed by atoms with E-state index in [0.717, 1.165) is 11.3 Å². The molecule has 0 radical (unpaired) electrons. The summed E-state index contributed by atoms with van der Waals surface area (Å²) in [4.78, 5) is 29.9. The number of benzene rings is 2. The number of hydrogen-bond donors (Lipinski definition) is 4. The van der Waals surface area contributed by atoms with Crippen LogP contribution < -0.4 is 15.4 Å². The fourth-order valence-corrected chi connectivity index (χ4v) is 2.08. The maximum Gasteiger partial charge on any atom is 0.414 e. The predicted octanol–water partition coefficient (Wildman–Crippen LogP) is 1.78. The minimum absolute atomic E-state index is 0.0558. The molecule has 2 aromatic carbocycles. The number of halogens is 1. The van der Waals surface area contributed by atoms with Crippen molar-refractivity contribution >= 4 is 29.4 Å². The average Bonchev–Trinajstić information content (AvgIpc) is 2.67. The summed E-state index contributed by atoms with van der Waals surface area (Å²) in [6.45, 7) is 1.87. The van der Waals surface area contributed by atoms with Crippen molar-refractivity contribution in [2.75, 3.05) is 19.7 Å². The van der Waals surface area contributed by atoms with Crippen molar-refractivity contribution in [1.82, 2.24) is 10.6 Å². The normalized spacial score (nSPS) is 9.61. The molecule has 0 aliphatic rings. The zero-order valence-electron chi connectivity index (χ0n) is 14.9. The molecule has 150 valence electrons. The summed E-state index contributed by atoms with van der Waals surface area (Å²) in [6.07, 6.45) is 0. The second-order valence-electron chi connectivity index (χ2n) is 5.36. The number of carboxylic acid groups (broad SMARTS) is 2. The Labute approximate surface area is 167 Å². The summed E-state index contributed by atoms with van der Waals surface area (Å²) in [7, 11) is 0. The first kappa shape index (κ1) is 22.9. The highest BCUT2D eigenvalue weighted by molar-refractivity contribution is 6.30. The highest BCUT2D eigenvalue weighted by Crippen LogP contribution is 2.10. The molecule has 28 heavy (non-hydrogen) atoms. The molecule has 0 saturated carbocycles. The molecule has 8 nitrogen and oxygen atoms in total. The van der Waals surface area contributed by atoms with Gasteiger partial charge in [-0.3, -0.25) is 4.79 Å². The lowest BCUT2D eigenvalue weighted by molar-refractivity contribution is -0.159. The number of amides is 1. The van der Waals surface area contributed by atoms with Gasteiger partial charge in [-0.1, -0.05) is 41.9 Å². The van der Waals surface area contributed by atoms with E-state index in [2.05, 4.69) is 10.6 Å². The monoisotopic (exact) mass is 408 g/mol. The van der Waals surface area contributed by atoms with Crippen LogP contribution >= 0.6 is 11.6 Å². The van der Waals surface area contributed by atoms with Gasteiger partial charge in [0.05, 0.1) is 6.54 Å². The van der Waals surface area contributed by atoms with Gasteiger partial charge in [-0.15, -0.1) is 0 Å². The van der Waals surface area contributed by atoms with Gasteiger partial charge in [-0.05, 0) is 29.8 Å². The number of rotatable bonds is 8. The molecule has 0 unspecified atom stereocenters. The SMILES string of the molecule is O=C(CNCCOc1ccccc1)NCc1cccc(Cl)c1.O=C(O)C(=O)O. The quantitative estimate of drug-likeness (QED) is 0.387. The fraction of sp³-hybridized carbons (Fsp3) is 0.211. The van der Waals surface area contributed by atoms with Gasteiger partial charge in [-0.25, -0.2) is 9.59 Å². The molecular formula is C19H21ClN2O6. The van der Waals surface area contributed by atoms with E-state index < -0.39 is 11.9 Å². The second kappa shape index (κ2) is 13.1. The lowest BCUT2D eigenvalue weighted by Gasteiger charge is -2.08. The van der Waals surface area contributed by atoms with Crippen LogP contribution in [0, 0.1) is 0 Å². The second-order valence-corrected chi connectivity index (χ2v) is 5.79. The van der Waals surface area contributed by atoms with E-state index in [9.17, 15) is 4.79 Å². The molecule has 2 aromatic rings. The van der Waals surface area contributed by atoms with Crippen molar-refractivity contribution in [3.8, 4) is 5.75 Å². The Morgan fingerprint density at radius 1 is 0.964 bits per heavy atom. The molecule has 0 atom stereocenters. The molecule has 9 heteroatoms. The lowest BCUT2D eigenvalue weighted by atomic mass is 10.2. The van der Waals surface area contributed by atoms with Crippen LogP contribution in [0.2, 0.25) is 5.02 Å². The van der Waals surface area contributed by atoms with Crippen LogP contribution in [-0.4, -0.2) is 47.8 Å². The Kier molecular flexibility index (Phi) is 10.8. The Morgan fingerprint density at radius 3 is 2.25 bits per heavy atom. The van der Waals surface area contributed by atoms with Crippen LogP contribution in [0.4, 0.5) is 0 Å². The summed E-state index contributed by atoms with van der Waals surface area (Å²) in [5.74, 6) is -2.88. The van der Waals surface area contributed by atoms with Gasteiger partial charge in [0.1, 0.15) is 12.4 Å². The average molecular weight is 409 g/mol. The summed E-state index contributed by atoms with van der Waals surface area (Å²) in [6, 6.07) is 17.0. The number of hydrogen-bond acceptors (Lipinski definition) is 5. The molecule has 0 bridgehead atoms. The van der Waals surface area contributed by atoms with Gasteiger partial charge in [0.25, 0.3) is 0 Å². The van der Waals surface area contributed by atoms with Crippen molar-refractivity contribution in [1.29, 1.82) is 0 Å². The van der Waals surface area contributed by atoms with Crippen LogP contribution in [-0.2, 0) is 20.9 Å². The Bertz CT molecular complexity index is 758. The number of nitrogens with one attached hydrogen (secondary N) is 2. The number of ether oxygens (including phenoxy) is 1. The van der Waals surface area contributed by atoms with Crippen molar-refractivity contribution < 1.29 is 29.3 Å². The molecule has 2 rings (SSSR count). The maximum absolute atomic E-state index is 11.7. The Hall–Kier alpha value is -3.10. The lowest BCUT2D eigenvalue weighted by Crippen LogP contribution is -2.35. The van der Waals surface area contributed by atoms with E-state index in [1.54, 1.807) is 6.07 Å². The van der Waals surface area contributed by atoms with Crippen LogP contribution in [0.5, 0.6) is 5.75 Å². The van der Waals surface area contributed by atoms with Gasteiger partial charge in [-0.2, -0.15) is 0 Å². The predicted molar refractivity (Wildman–Crippen MR) is 103 cm³/mol. The smallest absolute Gasteiger partial charge is 0.414 e. The van der Waals surface area contributed by atoms with E-state index in [0.29, 0.717) is 24.7 Å². The van der Waals surface area contributed by atoms with Crippen LogP contribution in [0.3, 0.4) is 0 Å². The summed E-state index contributed by atoms with van der Waals surface area (Å²) in [5.41, 5.74) is 0.980. The molecular weight excluding hydrogens is 388 g/mol. The van der Waals surface area contributed by atoms with E-state index >= 15 is 0 Å². The fourth-order valence-electron chi connectivity index (χ4n) is 1.87. The Balaban J connectivity index is 0.000000568. The molecule has 0 aliphatic heterocycles. The third-order valence-electron chi connectivity index (χ3n) is 3.14. The molecule has 4 N–H and O–H groups in total. The first-order chi connectivity index (χ1) is 13.4. The van der Waals surface area contributed by atoms with Gasteiger partial charge in [0.15, 0.2) is 0 Å². The third kappa shape index (κ3) is 10.8. The number of para-hydroxylation sites is 1. The van der Waals surface area contributed by atoms with Crippen molar-refractivity contribution in [3.05, 3.63) is 65.2 Å². The van der Waals surface area contributed by atoms with Crippen LogP contribution in [0.1, 0.15) is 5.56 Å². The van der Waals surface area contributed by atoms with Gasteiger partial charge in [0, 0.05) is 18.1 Å². The molecule has 0 heterocycles. The van der Waals surface area contributed by atoms with Gasteiger partial charge in [0.2, 0.25) is 5.91 Å². The minimum atomic E-state index is -1.82. The Morgan fingerprint density at radius 2 is 1.64 bits per heavy atom. The van der Waals surface area contributed by atoms with Gasteiger partial charge < -0.3 is 25.6 Å². The number of carbonyl (C=O) groups excluding carboxylic acids is 1. The van der Waals surface area contributed by atoms with Crippen LogP contribution in [0.15, 0.2) is 54.6 Å². The van der Waals surface area contributed by atoms with Crippen molar-refractivity contribution in [2.45, 2.75) is 6.54 Å². The van der Waals surface area contributed by atoms with Crippen molar-refractivity contribution in [3.63, 3.8) is 0 Å². The highest BCUT2D eigenvalue weighted by atomic mass is 35.5. The summed E-state index contributed by atoms with van der Waals surface area (Å²) >= 11 is 5.89. The third-order valence-corrected chi connectivity index (χ3v) is 3.37. The van der Waals surface area contributed by atoms with Crippen LogP contribution in [0.25, 0.3) is 0 Å². The topological polar surface area (TPSA) is 125 Å². The summed E-state index contributed by atoms with van der Waals surface area (Å²) < 4.78 is 5.52. The zero-order chi connectivity index (χ0) is 20.8. The summed E-state index contributed by atoms with van der Waals surface area (Å²) in [5, 5.41) is 21.3. The van der Waals surface area contributed by atoms with E-state index in [4.69, 9.17) is 36.1 Å². The maximum atomic E-state index is 11.7. The van der Waals surface area contributed by atoms with Gasteiger partial charge >= 0.3 is 11.9 Å². The van der Waals surface area contributed by atoms with E-state index in [-0.39, 0.29) is 12.5 Å². The molecule has 0 fully saturated rings. The molecule has 0 aliphatic carbocycles. The highest BCUT2D eigenvalue weighted by Gasteiger charge is 2.04. The van der Waals surface area contributed by atoms with Crippen molar-refractivity contribution in [2.24, 2.45) is 0 Å². The molecule has 0 aromatic heterocycles.